The first-order chi connectivity index (χ1) is 23.1. The summed E-state index contributed by atoms with van der Waals surface area (Å²) in [5.74, 6) is 0.143. The number of benzene rings is 4. The summed E-state index contributed by atoms with van der Waals surface area (Å²) in [4.78, 5) is 14.8. The first-order valence-electron chi connectivity index (χ1n) is 16.2. The maximum absolute atomic E-state index is 5.18. The van der Waals surface area contributed by atoms with Crippen molar-refractivity contribution in [2.45, 2.75) is 26.8 Å². The summed E-state index contributed by atoms with van der Waals surface area (Å²) in [7, 11) is 0. The molecule has 4 aromatic carbocycles. The smallest absolute Gasteiger partial charge is 0.0745 e. The normalized spacial score (nSPS) is 17.6. The number of para-hydroxylation sites is 1. The minimum Gasteiger partial charge on any atom is -0.280 e. The molecule has 0 saturated heterocycles. The second kappa shape index (κ2) is 13.4. The standard InChI is InChI=1S/C44H37N3/c1-30-14-7-8-19-37(30)42-31(2)43(47-41-23-12-9-20-38(41)42)36-18-13-15-32(28-36)29-46-40-22-11-10-21-39(40)44(45-3)35-26-24-34(25-27-35)33-16-5-4-6-17-33/h4-26,28,35H,3,27,29H2,1-2H3/b44-39-,46-40?. The van der Waals surface area contributed by atoms with E-state index in [1.165, 1.54) is 38.8 Å². The van der Waals surface area contributed by atoms with Crippen LogP contribution in [0, 0.1) is 19.8 Å². The van der Waals surface area contributed by atoms with Crippen molar-refractivity contribution in [1.29, 1.82) is 0 Å². The molecule has 7 rings (SSSR count). The molecule has 2 aliphatic rings. The second-order valence-corrected chi connectivity index (χ2v) is 12.1. The lowest BCUT2D eigenvalue weighted by Crippen LogP contribution is -2.11. The lowest BCUT2D eigenvalue weighted by atomic mass is 9.87. The fourth-order valence-corrected chi connectivity index (χ4v) is 6.68. The lowest BCUT2D eigenvalue weighted by Gasteiger charge is -2.20. The molecule has 0 saturated carbocycles. The highest BCUT2D eigenvalue weighted by Crippen LogP contribution is 2.38. The Hall–Kier alpha value is -5.67. The van der Waals surface area contributed by atoms with E-state index in [1.807, 2.05) is 12.1 Å². The Labute approximate surface area is 277 Å². The molecule has 2 aliphatic carbocycles. The van der Waals surface area contributed by atoms with Crippen molar-refractivity contribution in [3.63, 3.8) is 0 Å². The topological polar surface area (TPSA) is 37.6 Å². The summed E-state index contributed by atoms with van der Waals surface area (Å²) in [5.41, 5.74) is 14.5. The number of nitrogens with zero attached hydrogens (tertiary/aromatic N) is 3. The Balaban J connectivity index is 1.20. The summed E-state index contributed by atoms with van der Waals surface area (Å²) < 4.78 is 0. The zero-order chi connectivity index (χ0) is 32.2. The Bertz CT molecular complexity index is 2170. The summed E-state index contributed by atoms with van der Waals surface area (Å²) in [5, 5.41) is 1.17. The van der Waals surface area contributed by atoms with Crippen LogP contribution in [0.3, 0.4) is 0 Å². The van der Waals surface area contributed by atoms with Crippen LogP contribution >= 0.6 is 0 Å². The summed E-state index contributed by atoms with van der Waals surface area (Å²) in [6.07, 6.45) is 15.9. The molecule has 0 N–H and O–H groups in total. The predicted molar refractivity (Wildman–Crippen MR) is 200 cm³/mol. The first-order valence-corrected chi connectivity index (χ1v) is 16.2. The van der Waals surface area contributed by atoms with Crippen LogP contribution in [0.4, 0.5) is 0 Å². The number of aryl methyl sites for hydroxylation is 1. The molecule has 0 aliphatic heterocycles. The zero-order valence-electron chi connectivity index (χ0n) is 26.9. The van der Waals surface area contributed by atoms with Crippen LogP contribution in [-0.4, -0.2) is 17.4 Å². The lowest BCUT2D eigenvalue weighted by molar-refractivity contribution is 0.757. The third kappa shape index (κ3) is 6.13. The van der Waals surface area contributed by atoms with E-state index >= 15 is 0 Å². The van der Waals surface area contributed by atoms with Crippen molar-refractivity contribution in [2.24, 2.45) is 15.9 Å². The quantitative estimate of drug-likeness (QED) is 0.170. The van der Waals surface area contributed by atoms with Crippen molar-refractivity contribution in [2.75, 3.05) is 0 Å². The molecule has 0 spiro atoms. The van der Waals surface area contributed by atoms with E-state index in [9.17, 15) is 0 Å². The first kappa shape index (κ1) is 30.0. The molecule has 1 unspecified atom stereocenters. The summed E-state index contributed by atoms with van der Waals surface area (Å²) >= 11 is 0. The molecule has 0 amide bonds. The monoisotopic (exact) mass is 607 g/mol. The fourth-order valence-electron chi connectivity index (χ4n) is 6.68. The van der Waals surface area contributed by atoms with Gasteiger partial charge in [-0.05, 0) is 84.1 Å². The highest BCUT2D eigenvalue weighted by molar-refractivity contribution is 6.12. The number of hydrogen-bond donors (Lipinski definition) is 0. The van der Waals surface area contributed by atoms with Gasteiger partial charge in [-0.1, -0.05) is 127 Å². The van der Waals surface area contributed by atoms with Crippen molar-refractivity contribution >= 4 is 28.9 Å². The van der Waals surface area contributed by atoms with Crippen LogP contribution in [0.25, 0.3) is 38.9 Å². The van der Waals surface area contributed by atoms with Crippen LogP contribution in [0.15, 0.2) is 167 Å². The molecular formula is C44H37N3. The van der Waals surface area contributed by atoms with Gasteiger partial charge in [0.25, 0.3) is 0 Å². The molecule has 228 valence electrons. The van der Waals surface area contributed by atoms with Crippen LogP contribution < -0.4 is 0 Å². The van der Waals surface area contributed by atoms with Gasteiger partial charge in [0.2, 0.25) is 0 Å². The third-order valence-electron chi connectivity index (χ3n) is 9.09. The zero-order valence-corrected chi connectivity index (χ0v) is 26.9. The van der Waals surface area contributed by atoms with Gasteiger partial charge in [-0.2, -0.15) is 0 Å². The van der Waals surface area contributed by atoms with Crippen LogP contribution in [0.1, 0.15) is 28.7 Å². The largest absolute Gasteiger partial charge is 0.280 e. The van der Waals surface area contributed by atoms with E-state index in [1.54, 1.807) is 0 Å². The maximum atomic E-state index is 5.18. The molecule has 3 heteroatoms. The molecular weight excluding hydrogens is 571 g/mol. The Morgan fingerprint density at radius 3 is 2.38 bits per heavy atom. The SMILES string of the molecule is C=N/C(=C1/C=CC=CC1=NCc1cccc(-c2nc3ccccc3c(-c3ccccc3C)c2C)c1)C1C=CC(c2ccccc2)=CC1. The average Bonchev–Trinajstić information content (AvgIpc) is 3.12. The van der Waals surface area contributed by atoms with Gasteiger partial charge in [0.05, 0.1) is 29.2 Å². The van der Waals surface area contributed by atoms with Crippen molar-refractivity contribution in [3.8, 4) is 22.4 Å². The molecule has 47 heavy (non-hydrogen) atoms. The van der Waals surface area contributed by atoms with Gasteiger partial charge in [-0.3, -0.25) is 9.98 Å². The third-order valence-corrected chi connectivity index (χ3v) is 9.09. The Kier molecular flexibility index (Phi) is 8.53. The minimum atomic E-state index is 0.143. The molecule has 3 nitrogen and oxygen atoms in total. The number of hydrogen-bond acceptors (Lipinski definition) is 3. The molecule has 1 atom stereocenters. The molecule has 0 fully saturated rings. The Morgan fingerprint density at radius 2 is 1.57 bits per heavy atom. The van der Waals surface area contributed by atoms with Crippen LogP contribution in [-0.2, 0) is 6.54 Å². The average molecular weight is 608 g/mol. The minimum absolute atomic E-state index is 0.143. The molecule has 5 aromatic rings. The van der Waals surface area contributed by atoms with Gasteiger partial charge in [-0.25, -0.2) is 4.98 Å². The molecule has 0 radical (unpaired) electrons. The summed E-state index contributed by atoms with van der Waals surface area (Å²) in [6, 6.07) is 36.2. The fraction of sp³-hybridized carbons (Fsp3) is 0.114. The van der Waals surface area contributed by atoms with E-state index in [0.29, 0.717) is 6.54 Å². The number of fused-ring (bicyclic) bond motifs is 1. The van der Waals surface area contributed by atoms with Gasteiger partial charge < -0.3 is 0 Å². The van der Waals surface area contributed by atoms with E-state index < -0.39 is 0 Å². The number of pyridine rings is 1. The van der Waals surface area contributed by atoms with E-state index in [4.69, 9.17) is 9.98 Å². The van der Waals surface area contributed by atoms with Crippen molar-refractivity contribution < 1.29 is 0 Å². The van der Waals surface area contributed by atoms with Gasteiger partial charge >= 0.3 is 0 Å². The highest BCUT2D eigenvalue weighted by atomic mass is 14.8. The van der Waals surface area contributed by atoms with E-state index in [0.717, 1.165) is 45.7 Å². The van der Waals surface area contributed by atoms with Gasteiger partial charge in [0.15, 0.2) is 0 Å². The van der Waals surface area contributed by atoms with E-state index in [2.05, 4.69) is 159 Å². The number of rotatable bonds is 7. The van der Waals surface area contributed by atoms with Crippen LogP contribution in [0.5, 0.6) is 0 Å². The van der Waals surface area contributed by atoms with Crippen molar-refractivity contribution in [3.05, 3.63) is 179 Å². The van der Waals surface area contributed by atoms with Crippen LogP contribution in [0.2, 0.25) is 0 Å². The number of aliphatic imine (C=N–C) groups is 2. The van der Waals surface area contributed by atoms with Gasteiger partial charge in [-0.15, -0.1) is 0 Å². The van der Waals surface area contributed by atoms with Crippen molar-refractivity contribution in [1.82, 2.24) is 4.98 Å². The molecule has 0 bridgehead atoms. The summed E-state index contributed by atoms with van der Waals surface area (Å²) in [6.45, 7) is 8.89. The molecule has 1 aromatic heterocycles. The van der Waals surface area contributed by atoms with E-state index in [-0.39, 0.29) is 5.92 Å². The number of aromatic nitrogens is 1. The van der Waals surface area contributed by atoms with Gasteiger partial charge in [0.1, 0.15) is 0 Å². The number of allylic oxidation sites excluding steroid dienone is 9. The highest BCUT2D eigenvalue weighted by Gasteiger charge is 2.20. The second-order valence-electron chi connectivity index (χ2n) is 12.1. The predicted octanol–water partition coefficient (Wildman–Crippen LogP) is 10.9. The molecule has 1 heterocycles. The maximum Gasteiger partial charge on any atom is 0.0745 e. The van der Waals surface area contributed by atoms with Gasteiger partial charge in [0, 0.05) is 22.4 Å². The Morgan fingerprint density at radius 1 is 0.809 bits per heavy atom.